The lowest BCUT2D eigenvalue weighted by Crippen LogP contribution is -2.33. The zero-order chi connectivity index (χ0) is 13.5. The number of aliphatic hydroxyl groups is 1. The molecule has 17 heavy (non-hydrogen) atoms. The Morgan fingerprint density at radius 2 is 1.82 bits per heavy atom. The first kappa shape index (κ1) is 15.6. The van der Waals surface area contributed by atoms with E-state index in [2.05, 4.69) is 0 Å². The van der Waals surface area contributed by atoms with Crippen molar-refractivity contribution in [1.29, 1.82) is 0 Å². The third kappa shape index (κ3) is 6.67. The fraction of sp³-hybridized carbons (Fsp3) is 0.300. The first-order valence-electron chi connectivity index (χ1n) is 4.63. The largest absolute Gasteiger partial charge is 0.480 e. The molecule has 0 saturated carbocycles. The van der Waals surface area contributed by atoms with Crippen molar-refractivity contribution in [3.05, 3.63) is 30.3 Å². The molecule has 0 heterocycles. The highest BCUT2D eigenvalue weighted by Crippen LogP contribution is 2.05. The van der Waals surface area contributed by atoms with Crippen LogP contribution in [0.5, 0.6) is 0 Å². The lowest BCUT2D eigenvalue weighted by Gasteiger charge is -1.96. The molecule has 1 aromatic rings. The topological polar surface area (TPSA) is 118 Å². The normalized spacial score (nSPS) is 12.2. The number of rotatable bonds is 3. The standard InChI is InChI=1S/C7H8O2S.C3H7NO3/c1-10(8,9)7-5-3-2-4-6-7;4-2(1-5)3(6)7/h2-6H,1H3;2,5H,1,4H2,(H,6,7). The monoisotopic (exact) mass is 261 g/mol. The number of nitrogens with two attached hydrogens (primary N) is 1. The Bertz CT molecular complexity index is 443. The molecule has 0 amide bonds. The molecule has 4 N–H and O–H groups in total. The summed E-state index contributed by atoms with van der Waals surface area (Å²) in [5.41, 5.74) is 4.77. The Hall–Kier alpha value is -1.44. The molecule has 0 radical (unpaired) electrons. The third-order valence-electron chi connectivity index (χ3n) is 1.69. The molecule has 0 aliphatic heterocycles. The average Bonchev–Trinajstić information content (AvgIpc) is 2.28. The first-order valence-corrected chi connectivity index (χ1v) is 6.52. The Morgan fingerprint density at radius 1 is 1.35 bits per heavy atom. The molecule has 7 heteroatoms. The Balaban J connectivity index is 0.000000325. The maximum atomic E-state index is 10.8. The number of benzene rings is 1. The summed E-state index contributed by atoms with van der Waals surface area (Å²) in [6.45, 7) is -0.505. The van der Waals surface area contributed by atoms with E-state index in [9.17, 15) is 13.2 Å². The molecule has 0 fully saturated rings. The predicted octanol–water partition coefficient (Wildman–Crippen LogP) is -0.519. The summed E-state index contributed by atoms with van der Waals surface area (Å²) in [5.74, 6) is -1.18. The van der Waals surface area contributed by atoms with Gasteiger partial charge in [-0.1, -0.05) is 18.2 Å². The molecule has 0 bridgehead atoms. The molecule has 1 rings (SSSR count). The van der Waals surface area contributed by atoms with Gasteiger partial charge >= 0.3 is 5.97 Å². The van der Waals surface area contributed by atoms with Crippen molar-refractivity contribution in [3.63, 3.8) is 0 Å². The van der Waals surface area contributed by atoms with E-state index < -0.39 is 28.5 Å². The van der Waals surface area contributed by atoms with Gasteiger partial charge in [-0.3, -0.25) is 4.79 Å². The number of hydrogen-bond acceptors (Lipinski definition) is 5. The van der Waals surface area contributed by atoms with Gasteiger partial charge in [0.1, 0.15) is 6.04 Å². The molecule has 0 saturated heterocycles. The molecule has 0 aliphatic rings. The molecule has 0 aromatic heterocycles. The van der Waals surface area contributed by atoms with Gasteiger partial charge in [0, 0.05) is 6.26 Å². The number of carboxylic acids is 1. The van der Waals surface area contributed by atoms with Crippen LogP contribution in [0.1, 0.15) is 0 Å². The minimum Gasteiger partial charge on any atom is -0.480 e. The van der Waals surface area contributed by atoms with Crippen molar-refractivity contribution in [2.24, 2.45) is 5.73 Å². The van der Waals surface area contributed by atoms with E-state index in [1.165, 1.54) is 6.26 Å². The highest BCUT2D eigenvalue weighted by Gasteiger charge is 2.07. The molecule has 0 spiro atoms. The molecule has 96 valence electrons. The molecular weight excluding hydrogens is 246 g/mol. The van der Waals surface area contributed by atoms with Crippen LogP contribution in [-0.4, -0.2) is 43.5 Å². The minimum absolute atomic E-state index is 0.370. The highest BCUT2D eigenvalue weighted by atomic mass is 32.2. The summed E-state index contributed by atoms with van der Waals surface area (Å²) in [6, 6.07) is 7.23. The zero-order valence-corrected chi connectivity index (χ0v) is 10.1. The van der Waals surface area contributed by atoms with Crippen LogP contribution in [0.25, 0.3) is 0 Å². The fourth-order valence-corrected chi connectivity index (χ4v) is 1.40. The van der Waals surface area contributed by atoms with Crippen LogP contribution in [0.4, 0.5) is 0 Å². The van der Waals surface area contributed by atoms with Crippen molar-refractivity contribution in [1.82, 2.24) is 0 Å². The summed E-state index contributed by atoms with van der Waals surface area (Å²) in [5, 5.41) is 15.9. The van der Waals surface area contributed by atoms with E-state index in [1.54, 1.807) is 30.3 Å². The van der Waals surface area contributed by atoms with E-state index in [1.807, 2.05) is 0 Å². The Labute approximate surface area is 99.6 Å². The maximum Gasteiger partial charge on any atom is 0.322 e. The predicted molar refractivity (Wildman–Crippen MR) is 62.2 cm³/mol. The lowest BCUT2D eigenvalue weighted by atomic mass is 10.3. The van der Waals surface area contributed by atoms with E-state index >= 15 is 0 Å². The van der Waals surface area contributed by atoms with Gasteiger partial charge in [0.15, 0.2) is 9.84 Å². The molecular formula is C10H15NO5S. The van der Waals surface area contributed by atoms with Crippen LogP contribution in [0.15, 0.2) is 35.2 Å². The molecule has 1 unspecified atom stereocenters. The van der Waals surface area contributed by atoms with Gasteiger partial charge in [-0.25, -0.2) is 8.42 Å². The second-order valence-electron chi connectivity index (χ2n) is 3.21. The minimum atomic E-state index is -3.00. The summed E-state index contributed by atoms with van der Waals surface area (Å²) in [4.78, 5) is 10.0. The fourth-order valence-electron chi connectivity index (χ4n) is 0.746. The van der Waals surface area contributed by atoms with Crippen LogP contribution in [0.3, 0.4) is 0 Å². The molecule has 1 aromatic carbocycles. The van der Waals surface area contributed by atoms with Gasteiger partial charge in [-0.05, 0) is 12.1 Å². The van der Waals surface area contributed by atoms with Crippen LogP contribution in [0, 0.1) is 0 Å². The number of aliphatic carboxylic acids is 1. The van der Waals surface area contributed by atoms with Crippen molar-refractivity contribution >= 4 is 15.8 Å². The molecule has 0 aliphatic carbocycles. The number of hydrogen-bond donors (Lipinski definition) is 3. The van der Waals surface area contributed by atoms with Crippen LogP contribution < -0.4 is 5.73 Å². The first-order chi connectivity index (χ1) is 7.79. The van der Waals surface area contributed by atoms with Gasteiger partial charge in [0.2, 0.25) is 0 Å². The zero-order valence-electron chi connectivity index (χ0n) is 9.28. The quantitative estimate of drug-likeness (QED) is 0.674. The van der Waals surface area contributed by atoms with Crippen molar-refractivity contribution in [3.8, 4) is 0 Å². The second kappa shape index (κ2) is 7.00. The summed E-state index contributed by atoms with van der Waals surface area (Å²) >= 11 is 0. The second-order valence-corrected chi connectivity index (χ2v) is 5.23. The molecule has 6 nitrogen and oxygen atoms in total. The van der Waals surface area contributed by atoms with Gasteiger partial charge < -0.3 is 15.9 Å². The average molecular weight is 261 g/mol. The van der Waals surface area contributed by atoms with Crippen molar-refractivity contribution < 1.29 is 23.4 Å². The van der Waals surface area contributed by atoms with Crippen molar-refractivity contribution in [2.75, 3.05) is 12.9 Å². The van der Waals surface area contributed by atoms with Gasteiger partial charge in [0.05, 0.1) is 11.5 Å². The highest BCUT2D eigenvalue weighted by molar-refractivity contribution is 7.90. The molecule has 1 atom stereocenters. The summed E-state index contributed by atoms with van der Waals surface area (Å²) < 4.78 is 21.7. The van der Waals surface area contributed by atoms with Gasteiger partial charge in [0.25, 0.3) is 0 Å². The third-order valence-corrected chi connectivity index (χ3v) is 2.81. The van der Waals surface area contributed by atoms with E-state index in [-0.39, 0.29) is 0 Å². The van der Waals surface area contributed by atoms with Gasteiger partial charge in [-0.2, -0.15) is 0 Å². The number of aliphatic hydroxyl groups excluding tert-OH is 1. The smallest absolute Gasteiger partial charge is 0.322 e. The van der Waals surface area contributed by atoms with Crippen molar-refractivity contribution in [2.45, 2.75) is 10.9 Å². The summed E-state index contributed by atoms with van der Waals surface area (Å²) in [7, 11) is -3.00. The number of sulfone groups is 1. The maximum absolute atomic E-state index is 10.8. The SMILES string of the molecule is CS(=O)(=O)c1ccccc1.NC(CO)C(=O)O. The number of carboxylic acid groups (broad SMARTS) is 1. The van der Waals surface area contributed by atoms with Crippen LogP contribution in [0.2, 0.25) is 0 Å². The number of carbonyl (C=O) groups is 1. The van der Waals surface area contributed by atoms with Crippen LogP contribution in [-0.2, 0) is 14.6 Å². The Morgan fingerprint density at radius 3 is 2.00 bits per heavy atom. The van der Waals surface area contributed by atoms with E-state index in [4.69, 9.17) is 15.9 Å². The van der Waals surface area contributed by atoms with E-state index in [0.29, 0.717) is 4.90 Å². The summed E-state index contributed by atoms with van der Waals surface area (Å²) in [6.07, 6.45) is 1.20. The van der Waals surface area contributed by atoms with E-state index in [0.717, 1.165) is 0 Å². The lowest BCUT2D eigenvalue weighted by molar-refractivity contribution is -0.139. The Kier molecular flexibility index (Phi) is 6.40. The van der Waals surface area contributed by atoms with Gasteiger partial charge in [-0.15, -0.1) is 0 Å². The van der Waals surface area contributed by atoms with Crippen LogP contribution >= 0.6 is 0 Å².